The van der Waals surface area contributed by atoms with E-state index < -0.39 is 28.5 Å². The molecule has 0 spiro atoms. The van der Waals surface area contributed by atoms with Crippen LogP contribution in [0.2, 0.25) is 0 Å². The van der Waals surface area contributed by atoms with Crippen LogP contribution >= 0.6 is 0 Å². The minimum Gasteiger partial charge on any atom is -0.496 e. The summed E-state index contributed by atoms with van der Waals surface area (Å²) in [5.41, 5.74) is 3.58. The lowest BCUT2D eigenvalue weighted by Gasteiger charge is -2.20. The van der Waals surface area contributed by atoms with Crippen molar-refractivity contribution in [3.05, 3.63) is 112 Å². The van der Waals surface area contributed by atoms with Crippen LogP contribution in [-0.4, -0.2) is 52.6 Å². The number of aryl methyl sites for hydroxylation is 1. The van der Waals surface area contributed by atoms with Crippen molar-refractivity contribution in [3.8, 4) is 28.2 Å². The number of aromatic nitrogens is 2. The van der Waals surface area contributed by atoms with E-state index in [9.17, 15) is 22.6 Å². The quantitative estimate of drug-likeness (QED) is 0.194. The average Bonchev–Trinajstić information content (AvgIpc) is 3.48. The molecule has 1 amide bonds. The second-order valence-electron chi connectivity index (χ2n) is 10.9. The van der Waals surface area contributed by atoms with Crippen LogP contribution in [-0.2, 0) is 17.5 Å². The molecule has 50 heavy (non-hydrogen) atoms. The van der Waals surface area contributed by atoms with E-state index in [0.29, 0.717) is 61.4 Å². The second-order valence-corrected chi connectivity index (χ2v) is 12.3. The van der Waals surface area contributed by atoms with Crippen molar-refractivity contribution in [1.29, 1.82) is 0 Å². The van der Waals surface area contributed by atoms with Crippen LogP contribution in [0.4, 0.5) is 14.5 Å². The first-order valence-corrected chi connectivity index (χ1v) is 17.0. The molecule has 0 radical (unpaired) electrons. The van der Waals surface area contributed by atoms with E-state index in [1.807, 2.05) is 13.8 Å². The Labute approximate surface area is 290 Å². The number of carbonyl (C=O) groups excluding carboxylic acids is 1. The molecule has 0 saturated carbocycles. The molecule has 6 rings (SSSR count). The van der Waals surface area contributed by atoms with Crippen LogP contribution in [0.5, 0.6) is 5.75 Å². The number of anilines is 1. The van der Waals surface area contributed by atoms with Gasteiger partial charge in [0.15, 0.2) is 0 Å². The summed E-state index contributed by atoms with van der Waals surface area (Å²) in [6.45, 7) is 5.83. The molecule has 2 aromatic heterocycles. The number of ether oxygens (including phenoxy) is 1. The maximum absolute atomic E-state index is 14.0. The van der Waals surface area contributed by atoms with Crippen molar-refractivity contribution in [2.75, 3.05) is 31.8 Å². The summed E-state index contributed by atoms with van der Waals surface area (Å²) in [6, 6.07) is 18.5. The molecule has 262 valence electrons. The SMILES string of the molecule is CC.CNC(=O)c1c(-c2ccc(F)cc2)oc2cc(N(C)S(C)=O)c(-c3ccc4nc(C)n(Cc5ccc(F)cc5OC)c(=O)c4c3)cc12.O. The maximum atomic E-state index is 14.0. The first-order valence-electron chi connectivity index (χ1n) is 15.5. The lowest BCUT2D eigenvalue weighted by Crippen LogP contribution is -2.24. The number of amides is 1. The summed E-state index contributed by atoms with van der Waals surface area (Å²) in [4.78, 5) is 31.9. The molecule has 13 heteroatoms. The molecule has 0 aliphatic carbocycles. The molecule has 0 bridgehead atoms. The number of hydrogen-bond donors (Lipinski definition) is 1. The van der Waals surface area contributed by atoms with Crippen LogP contribution in [0, 0.1) is 18.6 Å². The molecule has 1 atom stereocenters. The van der Waals surface area contributed by atoms with Gasteiger partial charge in [-0.3, -0.25) is 18.5 Å². The smallest absolute Gasteiger partial charge is 0.261 e. The molecule has 10 nitrogen and oxygen atoms in total. The molecule has 0 aliphatic heterocycles. The molecule has 0 fully saturated rings. The van der Waals surface area contributed by atoms with E-state index in [-0.39, 0.29) is 28.9 Å². The molecule has 0 saturated heterocycles. The first-order chi connectivity index (χ1) is 23.5. The van der Waals surface area contributed by atoms with Crippen molar-refractivity contribution in [2.45, 2.75) is 27.3 Å². The second kappa shape index (κ2) is 15.4. The summed E-state index contributed by atoms with van der Waals surface area (Å²) in [5.74, 6) is -0.271. The van der Waals surface area contributed by atoms with Gasteiger partial charge in [0.2, 0.25) is 0 Å². The number of halogens is 2. The van der Waals surface area contributed by atoms with E-state index in [2.05, 4.69) is 10.3 Å². The monoisotopic (exact) mass is 704 g/mol. The summed E-state index contributed by atoms with van der Waals surface area (Å²) in [6.07, 6.45) is 1.53. The Bertz CT molecular complexity index is 2290. The lowest BCUT2D eigenvalue weighted by atomic mass is 9.97. The molecule has 4 aromatic carbocycles. The Kier molecular flexibility index (Phi) is 11.6. The van der Waals surface area contributed by atoms with Crippen molar-refractivity contribution >= 4 is 44.5 Å². The van der Waals surface area contributed by atoms with Gasteiger partial charge in [-0.05, 0) is 61.0 Å². The summed E-state index contributed by atoms with van der Waals surface area (Å²) < 4.78 is 54.9. The van der Waals surface area contributed by atoms with Gasteiger partial charge in [0.1, 0.15) is 45.5 Å². The fourth-order valence-corrected chi connectivity index (χ4v) is 6.05. The van der Waals surface area contributed by atoms with Crippen molar-refractivity contribution in [3.63, 3.8) is 0 Å². The highest BCUT2D eigenvalue weighted by Crippen LogP contribution is 2.41. The fourth-order valence-electron chi connectivity index (χ4n) is 5.62. The third-order valence-corrected chi connectivity index (χ3v) is 9.09. The normalized spacial score (nSPS) is 11.4. The number of methoxy groups -OCH3 is 1. The van der Waals surface area contributed by atoms with Gasteiger partial charge in [0.05, 0.1) is 35.8 Å². The zero-order valence-electron chi connectivity index (χ0n) is 28.7. The zero-order chi connectivity index (χ0) is 35.6. The van der Waals surface area contributed by atoms with Crippen LogP contribution in [0.25, 0.3) is 44.3 Å². The molecular formula is C37H38F2N4O6S. The largest absolute Gasteiger partial charge is 0.496 e. The number of furan rings is 1. The average molecular weight is 705 g/mol. The van der Waals surface area contributed by atoms with Crippen LogP contribution in [0.15, 0.2) is 82.0 Å². The third-order valence-electron chi connectivity index (χ3n) is 8.13. The van der Waals surface area contributed by atoms with Crippen molar-refractivity contribution in [1.82, 2.24) is 14.9 Å². The number of carbonyl (C=O) groups is 1. The standard InChI is InChI=1S/C35H30F2N4O5S.C2H6.H2O/c1-19-39-28-13-9-21(14-26(28)35(43)41(19)18-22-8-12-24(37)15-30(22)45-4)25-16-27-31(17-29(25)40(3)47(5)44)46-33(32(27)34(42)38-2)20-6-10-23(36)11-7-20;1-2;/h6-17H,18H2,1-5H3,(H,38,42);1-2H3;1H2. The van der Waals surface area contributed by atoms with Gasteiger partial charge in [0.25, 0.3) is 11.5 Å². The van der Waals surface area contributed by atoms with E-state index in [1.165, 1.54) is 61.4 Å². The highest BCUT2D eigenvalue weighted by Gasteiger charge is 2.25. The molecule has 0 aliphatic rings. The number of fused-ring (bicyclic) bond motifs is 2. The minimum atomic E-state index is -1.45. The van der Waals surface area contributed by atoms with E-state index in [1.54, 1.807) is 54.7 Å². The fraction of sp³-hybridized carbons (Fsp3) is 0.216. The summed E-state index contributed by atoms with van der Waals surface area (Å²) in [7, 11) is 3.16. The number of hydrogen-bond acceptors (Lipinski definition) is 6. The van der Waals surface area contributed by atoms with Crippen LogP contribution in [0.1, 0.15) is 35.6 Å². The van der Waals surface area contributed by atoms with E-state index in [4.69, 9.17) is 9.15 Å². The van der Waals surface area contributed by atoms with Gasteiger partial charge < -0.3 is 19.9 Å². The van der Waals surface area contributed by atoms with Gasteiger partial charge in [-0.25, -0.2) is 18.0 Å². The molecule has 2 heterocycles. The van der Waals surface area contributed by atoms with Gasteiger partial charge in [-0.2, -0.15) is 0 Å². The minimum absolute atomic E-state index is 0. The number of nitrogens with zero attached hydrogens (tertiary/aromatic N) is 3. The molecule has 3 N–H and O–H groups in total. The highest BCUT2D eigenvalue weighted by molar-refractivity contribution is 7.85. The summed E-state index contributed by atoms with van der Waals surface area (Å²) >= 11 is 0. The third kappa shape index (κ3) is 7.00. The van der Waals surface area contributed by atoms with Gasteiger partial charge in [-0.15, -0.1) is 0 Å². The van der Waals surface area contributed by atoms with Crippen LogP contribution in [0.3, 0.4) is 0 Å². The van der Waals surface area contributed by atoms with Crippen LogP contribution < -0.4 is 19.9 Å². The number of benzene rings is 4. The summed E-state index contributed by atoms with van der Waals surface area (Å²) in [5, 5.41) is 3.45. The van der Waals surface area contributed by atoms with Gasteiger partial charge in [-0.1, -0.05) is 26.0 Å². The molecule has 1 unspecified atom stereocenters. The van der Waals surface area contributed by atoms with Crippen molar-refractivity contribution < 1.29 is 32.4 Å². The Morgan fingerprint density at radius 2 is 1.64 bits per heavy atom. The topological polar surface area (TPSA) is 138 Å². The van der Waals surface area contributed by atoms with Crippen molar-refractivity contribution in [2.24, 2.45) is 0 Å². The van der Waals surface area contributed by atoms with E-state index in [0.717, 1.165) is 0 Å². The highest BCUT2D eigenvalue weighted by atomic mass is 32.2. The number of rotatable bonds is 8. The first kappa shape index (κ1) is 37.4. The zero-order valence-corrected chi connectivity index (χ0v) is 29.5. The Morgan fingerprint density at radius 3 is 2.28 bits per heavy atom. The lowest BCUT2D eigenvalue weighted by molar-refractivity contribution is 0.0964. The van der Waals surface area contributed by atoms with E-state index >= 15 is 0 Å². The maximum Gasteiger partial charge on any atom is 0.261 e. The molecule has 6 aromatic rings. The predicted octanol–water partition coefficient (Wildman–Crippen LogP) is 6.41. The van der Waals surface area contributed by atoms with Gasteiger partial charge in [0, 0.05) is 54.6 Å². The van der Waals surface area contributed by atoms with Gasteiger partial charge >= 0.3 is 0 Å². The number of nitrogens with one attached hydrogen (secondary N) is 1. The Hall–Kier alpha value is -5.40. The molecular weight excluding hydrogens is 666 g/mol. The predicted molar refractivity (Wildman–Crippen MR) is 194 cm³/mol. The Balaban J connectivity index is 0.00000184. The Morgan fingerprint density at radius 1 is 0.980 bits per heavy atom.